The molecule has 2 aromatic carbocycles. The molecule has 0 saturated carbocycles. The number of nitrogens with two attached hydrogens (primary N) is 1. The molecule has 3 aromatic rings. The quantitative estimate of drug-likeness (QED) is 0.410. The summed E-state index contributed by atoms with van der Waals surface area (Å²) in [5.74, 6) is 0.135. The smallest absolute Gasteiger partial charge is 0.261 e. The lowest BCUT2D eigenvalue weighted by Crippen LogP contribution is -2.32. The van der Waals surface area contributed by atoms with E-state index in [1.807, 2.05) is 13.8 Å². The first-order valence-corrected chi connectivity index (χ1v) is 12.1. The number of sulfonamides is 1. The predicted molar refractivity (Wildman–Crippen MR) is 127 cm³/mol. The number of alkyl halides is 1. The number of amides is 1. The Kier molecular flexibility index (Phi) is 7.37. The maximum atomic E-state index is 13.0. The van der Waals surface area contributed by atoms with Crippen molar-refractivity contribution in [1.29, 1.82) is 0 Å². The number of anilines is 2. The molecule has 1 aromatic heterocycles. The molecule has 0 saturated heterocycles. The number of nitrogens with zero attached hydrogens (tertiary/aromatic N) is 2. The number of rotatable bonds is 9. The minimum atomic E-state index is -3.93. The maximum absolute atomic E-state index is 13.0. The Labute approximate surface area is 198 Å². The largest absolute Gasteiger partial charge is 0.337 e. The van der Waals surface area contributed by atoms with E-state index < -0.39 is 34.1 Å². The van der Waals surface area contributed by atoms with Gasteiger partial charge in [-0.25, -0.2) is 12.8 Å². The van der Waals surface area contributed by atoms with Crippen molar-refractivity contribution in [3.05, 3.63) is 54.4 Å². The highest BCUT2D eigenvalue weighted by Crippen LogP contribution is 2.25. The van der Waals surface area contributed by atoms with Crippen LogP contribution in [0.25, 0.3) is 11.4 Å². The average Bonchev–Trinajstić information content (AvgIpc) is 3.30. The van der Waals surface area contributed by atoms with E-state index in [1.165, 1.54) is 50.2 Å². The van der Waals surface area contributed by atoms with Crippen LogP contribution >= 0.6 is 0 Å². The van der Waals surface area contributed by atoms with E-state index in [0.29, 0.717) is 11.3 Å². The normalized spacial score (nSPS) is 13.0. The molecule has 9 nitrogen and oxygen atoms in total. The summed E-state index contributed by atoms with van der Waals surface area (Å²) in [6.45, 7) is 6.04. The Morgan fingerprint density at radius 2 is 1.79 bits per heavy atom. The van der Waals surface area contributed by atoms with E-state index >= 15 is 0 Å². The third kappa shape index (κ3) is 5.78. The molecule has 4 N–H and O–H groups in total. The second-order valence-electron chi connectivity index (χ2n) is 8.91. The van der Waals surface area contributed by atoms with Crippen molar-refractivity contribution in [1.82, 2.24) is 10.1 Å². The van der Waals surface area contributed by atoms with Crippen molar-refractivity contribution in [2.45, 2.75) is 38.6 Å². The minimum Gasteiger partial charge on any atom is -0.337 e. The van der Waals surface area contributed by atoms with Crippen molar-refractivity contribution in [3.63, 3.8) is 0 Å². The molecule has 0 unspecified atom stereocenters. The third-order valence-electron chi connectivity index (χ3n) is 5.19. The molecular formula is C23H28FN5O4S. The Morgan fingerprint density at radius 3 is 2.41 bits per heavy atom. The van der Waals surface area contributed by atoms with Gasteiger partial charge in [-0.3, -0.25) is 9.52 Å². The van der Waals surface area contributed by atoms with E-state index in [4.69, 9.17) is 10.3 Å². The molecule has 34 heavy (non-hydrogen) atoms. The fraction of sp³-hybridized carbons (Fsp3) is 0.348. The van der Waals surface area contributed by atoms with Crippen LogP contribution in [-0.2, 0) is 14.8 Å². The number of hydrogen-bond donors (Lipinski definition) is 3. The van der Waals surface area contributed by atoms with Gasteiger partial charge in [0, 0.05) is 16.9 Å². The van der Waals surface area contributed by atoms with Gasteiger partial charge in [0.1, 0.15) is 6.67 Å². The lowest BCUT2D eigenvalue weighted by atomic mass is 9.94. The lowest BCUT2D eigenvalue weighted by molar-refractivity contribution is -0.124. The number of halogens is 1. The van der Waals surface area contributed by atoms with E-state index in [1.54, 1.807) is 12.1 Å². The van der Waals surface area contributed by atoms with Crippen molar-refractivity contribution in [2.24, 2.45) is 17.1 Å². The molecule has 1 atom stereocenters. The van der Waals surface area contributed by atoms with Gasteiger partial charge in [-0.05, 0) is 56.2 Å². The van der Waals surface area contributed by atoms with Crippen LogP contribution in [0.4, 0.5) is 15.8 Å². The predicted octanol–water partition coefficient (Wildman–Crippen LogP) is 4.13. The van der Waals surface area contributed by atoms with Gasteiger partial charge >= 0.3 is 0 Å². The second-order valence-corrected chi connectivity index (χ2v) is 10.6. The molecular weight excluding hydrogens is 461 g/mol. The fourth-order valence-corrected chi connectivity index (χ4v) is 3.88. The summed E-state index contributed by atoms with van der Waals surface area (Å²) in [5.41, 5.74) is 6.05. The zero-order valence-electron chi connectivity index (χ0n) is 19.4. The Morgan fingerprint density at radius 1 is 1.15 bits per heavy atom. The SMILES string of the molecule is CC(C)[C@H](N)c1nc(-c2cccc(S(=O)(=O)Nc3ccc(NC(=O)C(C)(C)CF)cc3)c2)no1. The number of hydrogen-bond acceptors (Lipinski definition) is 7. The average molecular weight is 490 g/mol. The number of carbonyl (C=O) groups is 1. The van der Waals surface area contributed by atoms with Crippen molar-refractivity contribution in [2.75, 3.05) is 16.7 Å². The highest BCUT2D eigenvalue weighted by Gasteiger charge is 2.27. The molecule has 3 rings (SSSR count). The summed E-state index contributed by atoms with van der Waals surface area (Å²) in [5, 5.41) is 6.52. The monoisotopic (exact) mass is 489 g/mol. The van der Waals surface area contributed by atoms with Gasteiger partial charge in [-0.15, -0.1) is 0 Å². The first-order valence-electron chi connectivity index (χ1n) is 10.6. The molecule has 182 valence electrons. The van der Waals surface area contributed by atoms with Gasteiger partial charge in [0.25, 0.3) is 10.0 Å². The second kappa shape index (κ2) is 9.90. The standard InChI is InChI=1S/C23H28FN5O4S/c1-14(2)19(25)21-27-20(28-33-21)15-6-5-7-18(12-15)34(31,32)29-17-10-8-16(9-11-17)26-22(30)23(3,4)13-24/h5-12,14,19,29H,13,25H2,1-4H3,(H,26,30)/t19-/m0/s1. The van der Waals surface area contributed by atoms with Crippen molar-refractivity contribution >= 4 is 27.3 Å². The summed E-state index contributed by atoms with van der Waals surface area (Å²) in [7, 11) is -3.93. The van der Waals surface area contributed by atoms with Gasteiger partial charge in [0.2, 0.25) is 17.6 Å². The topological polar surface area (TPSA) is 140 Å². The first-order chi connectivity index (χ1) is 15.9. The highest BCUT2D eigenvalue weighted by molar-refractivity contribution is 7.92. The summed E-state index contributed by atoms with van der Waals surface area (Å²) >= 11 is 0. The molecule has 0 fully saturated rings. The molecule has 1 heterocycles. The minimum absolute atomic E-state index is 0.00610. The summed E-state index contributed by atoms with van der Waals surface area (Å²) in [6.07, 6.45) is 0. The van der Waals surface area contributed by atoms with Gasteiger partial charge < -0.3 is 15.6 Å². The Bertz CT molecular complexity index is 1260. The molecule has 11 heteroatoms. The van der Waals surface area contributed by atoms with Gasteiger partial charge in [-0.1, -0.05) is 31.1 Å². The van der Waals surface area contributed by atoms with Crippen LogP contribution in [0, 0.1) is 11.3 Å². The molecule has 0 aliphatic carbocycles. The number of benzene rings is 2. The Balaban J connectivity index is 1.75. The van der Waals surface area contributed by atoms with Crippen LogP contribution < -0.4 is 15.8 Å². The van der Waals surface area contributed by atoms with Crippen LogP contribution in [0.5, 0.6) is 0 Å². The number of nitrogens with one attached hydrogen (secondary N) is 2. The van der Waals surface area contributed by atoms with Gasteiger partial charge in [-0.2, -0.15) is 4.98 Å². The van der Waals surface area contributed by atoms with Gasteiger partial charge in [0.15, 0.2) is 0 Å². The number of aromatic nitrogens is 2. The Hall–Kier alpha value is -3.31. The molecule has 0 radical (unpaired) electrons. The van der Waals surface area contributed by atoms with Crippen LogP contribution in [0.15, 0.2) is 57.9 Å². The summed E-state index contributed by atoms with van der Waals surface area (Å²) in [4.78, 5) is 16.4. The van der Waals surface area contributed by atoms with E-state index in [2.05, 4.69) is 20.2 Å². The van der Waals surface area contributed by atoms with Crippen molar-refractivity contribution in [3.8, 4) is 11.4 Å². The molecule has 0 spiro atoms. The van der Waals surface area contributed by atoms with E-state index in [9.17, 15) is 17.6 Å². The van der Waals surface area contributed by atoms with Crippen LogP contribution in [0.3, 0.4) is 0 Å². The summed E-state index contributed by atoms with van der Waals surface area (Å²) < 4.78 is 46.5. The van der Waals surface area contributed by atoms with Crippen LogP contribution in [-0.4, -0.2) is 31.1 Å². The summed E-state index contributed by atoms with van der Waals surface area (Å²) in [6, 6.07) is 11.8. The highest BCUT2D eigenvalue weighted by atomic mass is 32.2. The fourth-order valence-electron chi connectivity index (χ4n) is 2.77. The zero-order valence-corrected chi connectivity index (χ0v) is 20.2. The molecule has 0 bridgehead atoms. The molecule has 1 amide bonds. The van der Waals surface area contributed by atoms with E-state index in [-0.39, 0.29) is 28.2 Å². The van der Waals surface area contributed by atoms with Crippen LogP contribution in [0.1, 0.15) is 39.6 Å². The van der Waals surface area contributed by atoms with E-state index in [0.717, 1.165) is 0 Å². The van der Waals surface area contributed by atoms with Crippen molar-refractivity contribution < 1.29 is 22.1 Å². The number of carbonyl (C=O) groups excluding carboxylic acids is 1. The third-order valence-corrected chi connectivity index (χ3v) is 6.57. The zero-order chi connectivity index (χ0) is 25.1. The molecule has 0 aliphatic heterocycles. The lowest BCUT2D eigenvalue weighted by Gasteiger charge is -2.19. The van der Waals surface area contributed by atoms with Crippen LogP contribution in [0.2, 0.25) is 0 Å². The first kappa shape index (κ1) is 25.3. The molecule has 0 aliphatic rings. The van der Waals surface area contributed by atoms with Gasteiger partial charge in [0.05, 0.1) is 16.4 Å². The maximum Gasteiger partial charge on any atom is 0.261 e.